The van der Waals surface area contributed by atoms with Crippen LogP contribution in [0.15, 0.2) is 54.6 Å². The highest BCUT2D eigenvalue weighted by Crippen LogP contribution is 2.35. The summed E-state index contributed by atoms with van der Waals surface area (Å²) in [6, 6.07) is 19.5. The van der Waals surface area contributed by atoms with E-state index in [9.17, 15) is 0 Å². The van der Waals surface area contributed by atoms with Gasteiger partial charge in [-0.15, -0.1) is 0 Å². The van der Waals surface area contributed by atoms with Crippen LogP contribution in [-0.4, -0.2) is 5.96 Å². The molecule has 102 valence electrons. The molecule has 0 fully saturated rings. The molecular weight excluding hydrogens is 258 g/mol. The van der Waals surface area contributed by atoms with Gasteiger partial charge in [-0.2, -0.15) is 0 Å². The summed E-state index contributed by atoms with van der Waals surface area (Å²) in [7, 11) is 0. The summed E-state index contributed by atoms with van der Waals surface area (Å²) in [5.41, 5.74) is 12.2. The Labute approximate surface area is 122 Å². The number of benzene rings is 4. The van der Waals surface area contributed by atoms with E-state index in [0.717, 1.165) is 0 Å². The number of hydrogen-bond donors (Lipinski definition) is 3. The van der Waals surface area contributed by atoms with E-state index in [0.29, 0.717) is 6.54 Å². The summed E-state index contributed by atoms with van der Waals surface area (Å²) in [4.78, 5) is 3.01. The van der Waals surface area contributed by atoms with Gasteiger partial charge >= 0.3 is 5.96 Å². The summed E-state index contributed by atoms with van der Waals surface area (Å²) < 4.78 is 0. The zero-order chi connectivity index (χ0) is 14.4. The Hall–Kier alpha value is -2.81. The van der Waals surface area contributed by atoms with Crippen molar-refractivity contribution in [1.29, 1.82) is 0 Å². The summed E-state index contributed by atoms with van der Waals surface area (Å²) in [6.45, 7) is 0.635. The molecule has 4 rings (SSSR count). The van der Waals surface area contributed by atoms with Crippen LogP contribution in [0.3, 0.4) is 0 Å². The first-order valence-corrected chi connectivity index (χ1v) is 7.01. The third-order valence-electron chi connectivity index (χ3n) is 4.10. The minimum Gasteiger partial charge on any atom is -0.291 e. The predicted molar refractivity (Wildman–Crippen MR) is 88.2 cm³/mol. The highest BCUT2D eigenvalue weighted by atomic mass is 15.0. The first kappa shape index (κ1) is 12.0. The Morgan fingerprint density at radius 2 is 1.38 bits per heavy atom. The Morgan fingerprint density at radius 1 is 0.762 bits per heavy atom. The van der Waals surface area contributed by atoms with Crippen LogP contribution < -0.4 is 16.5 Å². The molecule has 3 nitrogen and oxygen atoms in total. The summed E-state index contributed by atoms with van der Waals surface area (Å²) in [5, 5.41) is 7.73. The lowest BCUT2D eigenvalue weighted by atomic mass is 9.92. The third-order valence-corrected chi connectivity index (χ3v) is 4.10. The molecule has 0 aliphatic rings. The zero-order valence-corrected chi connectivity index (χ0v) is 11.6. The molecule has 4 aromatic rings. The molecule has 0 aliphatic heterocycles. The summed E-state index contributed by atoms with van der Waals surface area (Å²) in [6.07, 6.45) is 0. The molecule has 3 heteroatoms. The number of rotatable bonds is 2. The number of nitrogens with one attached hydrogen (secondary N) is 1. The molecule has 0 saturated carbocycles. The van der Waals surface area contributed by atoms with Crippen molar-refractivity contribution < 1.29 is 4.99 Å². The van der Waals surface area contributed by atoms with E-state index in [1.807, 2.05) is 0 Å². The molecule has 21 heavy (non-hydrogen) atoms. The SMILES string of the molecule is NC(N)=[NH+]Cc1ccc2ccc3cccc4ccc1c2c34. The zero-order valence-electron chi connectivity index (χ0n) is 11.6. The van der Waals surface area contributed by atoms with Crippen molar-refractivity contribution in [2.45, 2.75) is 6.54 Å². The molecule has 4 aromatic carbocycles. The Morgan fingerprint density at radius 3 is 2.10 bits per heavy atom. The largest absolute Gasteiger partial charge is 0.339 e. The van der Waals surface area contributed by atoms with E-state index in [4.69, 9.17) is 11.5 Å². The standard InChI is InChI=1S/C18H15N3/c19-18(20)21-10-14-7-6-13-5-4-11-2-1-3-12-8-9-15(14)17(13)16(11)12/h1-9H,10H2,(H4,19,20,21)/p+1. The Bertz CT molecular complexity index is 966. The van der Waals surface area contributed by atoms with Gasteiger partial charge in [-0.3, -0.25) is 16.5 Å². The monoisotopic (exact) mass is 274 g/mol. The molecule has 0 aromatic heterocycles. The van der Waals surface area contributed by atoms with Crippen molar-refractivity contribution in [2.24, 2.45) is 11.5 Å². The van der Waals surface area contributed by atoms with Crippen molar-refractivity contribution in [2.75, 3.05) is 0 Å². The number of nitrogens with two attached hydrogens (primary N) is 2. The summed E-state index contributed by atoms with van der Waals surface area (Å²) in [5.74, 6) is 0.251. The highest BCUT2D eigenvalue weighted by molar-refractivity contribution is 6.23. The number of hydrogen-bond acceptors (Lipinski definition) is 0. The molecule has 0 bridgehead atoms. The second kappa shape index (κ2) is 4.35. The fourth-order valence-corrected chi connectivity index (χ4v) is 3.15. The quantitative estimate of drug-likeness (QED) is 0.294. The number of guanidine groups is 1. The van der Waals surface area contributed by atoms with Gasteiger partial charge in [-0.25, -0.2) is 0 Å². The molecular formula is C18H16N3+. The molecule has 0 saturated heterocycles. The van der Waals surface area contributed by atoms with Gasteiger partial charge < -0.3 is 0 Å². The van der Waals surface area contributed by atoms with E-state index >= 15 is 0 Å². The second-order valence-electron chi connectivity index (χ2n) is 5.39. The second-order valence-corrected chi connectivity index (χ2v) is 5.39. The van der Waals surface area contributed by atoms with E-state index in [1.165, 1.54) is 37.9 Å². The first-order valence-electron chi connectivity index (χ1n) is 7.01. The maximum atomic E-state index is 5.51. The Kier molecular flexibility index (Phi) is 2.48. The average molecular weight is 274 g/mol. The Balaban J connectivity index is 2.13. The average Bonchev–Trinajstić information content (AvgIpc) is 2.51. The van der Waals surface area contributed by atoms with Gasteiger partial charge in [-0.1, -0.05) is 54.6 Å². The van der Waals surface area contributed by atoms with Crippen LogP contribution in [0.2, 0.25) is 0 Å². The molecule has 0 spiro atoms. The van der Waals surface area contributed by atoms with Gasteiger partial charge in [0, 0.05) is 0 Å². The molecule has 0 amide bonds. The molecule has 0 heterocycles. The lowest BCUT2D eigenvalue weighted by molar-refractivity contribution is -0.476. The minimum absolute atomic E-state index is 0.251. The molecule has 0 radical (unpaired) electrons. The van der Waals surface area contributed by atoms with Crippen LogP contribution >= 0.6 is 0 Å². The predicted octanol–water partition coefficient (Wildman–Crippen LogP) is 1.44. The van der Waals surface area contributed by atoms with Gasteiger partial charge in [0.05, 0.1) is 6.54 Å². The van der Waals surface area contributed by atoms with Crippen LogP contribution in [0.5, 0.6) is 0 Å². The van der Waals surface area contributed by atoms with Gasteiger partial charge in [0.15, 0.2) is 0 Å². The highest BCUT2D eigenvalue weighted by Gasteiger charge is 2.10. The van der Waals surface area contributed by atoms with Crippen molar-refractivity contribution in [3.8, 4) is 0 Å². The minimum atomic E-state index is 0.251. The van der Waals surface area contributed by atoms with Crippen molar-refractivity contribution >= 4 is 38.3 Å². The van der Waals surface area contributed by atoms with Gasteiger partial charge in [-0.05, 0) is 37.9 Å². The smallest absolute Gasteiger partial charge is 0.291 e. The molecule has 0 atom stereocenters. The van der Waals surface area contributed by atoms with Crippen molar-refractivity contribution in [3.63, 3.8) is 0 Å². The van der Waals surface area contributed by atoms with Gasteiger partial charge in [0.25, 0.3) is 0 Å². The van der Waals surface area contributed by atoms with Crippen molar-refractivity contribution in [1.82, 2.24) is 0 Å². The van der Waals surface area contributed by atoms with Crippen LogP contribution in [0, 0.1) is 0 Å². The normalized spacial score (nSPS) is 11.4. The molecule has 0 unspecified atom stereocenters. The maximum Gasteiger partial charge on any atom is 0.339 e. The van der Waals surface area contributed by atoms with Crippen LogP contribution in [-0.2, 0) is 6.54 Å². The van der Waals surface area contributed by atoms with E-state index < -0.39 is 0 Å². The lowest BCUT2D eigenvalue weighted by Gasteiger charge is -2.12. The van der Waals surface area contributed by atoms with Crippen LogP contribution in [0.25, 0.3) is 32.3 Å². The van der Waals surface area contributed by atoms with Crippen LogP contribution in [0.4, 0.5) is 0 Å². The van der Waals surface area contributed by atoms with E-state index in [1.54, 1.807) is 0 Å². The fraction of sp³-hybridized carbons (Fsp3) is 0.0556. The van der Waals surface area contributed by atoms with Gasteiger partial charge in [0.1, 0.15) is 0 Å². The molecule has 0 aliphatic carbocycles. The fourth-order valence-electron chi connectivity index (χ4n) is 3.15. The van der Waals surface area contributed by atoms with Crippen LogP contribution in [0.1, 0.15) is 5.56 Å². The topological polar surface area (TPSA) is 66.0 Å². The maximum absolute atomic E-state index is 5.51. The third kappa shape index (κ3) is 1.78. The van der Waals surface area contributed by atoms with Crippen molar-refractivity contribution in [3.05, 3.63) is 60.2 Å². The molecule has 5 N–H and O–H groups in total. The van der Waals surface area contributed by atoms with E-state index in [-0.39, 0.29) is 5.96 Å². The van der Waals surface area contributed by atoms with Gasteiger partial charge in [0.2, 0.25) is 0 Å². The lowest BCUT2D eigenvalue weighted by Crippen LogP contribution is -2.76. The summed E-state index contributed by atoms with van der Waals surface area (Å²) >= 11 is 0. The van der Waals surface area contributed by atoms with E-state index in [2.05, 4.69) is 59.6 Å². The first-order chi connectivity index (χ1) is 10.2.